The first-order valence-electron chi connectivity index (χ1n) is 6.02. The highest BCUT2D eigenvalue weighted by atomic mass is 16.4. The van der Waals surface area contributed by atoms with Gasteiger partial charge in [-0.15, -0.1) is 0 Å². The predicted molar refractivity (Wildman–Crippen MR) is 69.5 cm³/mol. The van der Waals surface area contributed by atoms with Crippen LogP contribution >= 0.6 is 0 Å². The maximum Gasteiger partial charge on any atom is 0.326 e. The van der Waals surface area contributed by atoms with Crippen molar-refractivity contribution in [2.24, 2.45) is 0 Å². The number of aryl methyl sites for hydroxylation is 2. The van der Waals surface area contributed by atoms with E-state index in [1.54, 1.807) is 6.92 Å². The van der Waals surface area contributed by atoms with E-state index in [-0.39, 0.29) is 12.3 Å². The van der Waals surface area contributed by atoms with Gasteiger partial charge in [0.25, 0.3) is 0 Å². The Balaban J connectivity index is 2.70. The lowest BCUT2D eigenvalue weighted by Crippen LogP contribution is -2.41. The van der Waals surface area contributed by atoms with Gasteiger partial charge in [-0.25, -0.2) is 4.79 Å². The average molecular weight is 249 g/mol. The third kappa shape index (κ3) is 3.87. The first kappa shape index (κ1) is 14.2. The lowest BCUT2D eigenvalue weighted by Gasteiger charge is -2.13. The third-order valence-corrected chi connectivity index (χ3v) is 2.90. The molecule has 0 fully saturated rings. The molecule has 18 heavy (non-hydrogen) atoms. The van der Waals surface area contributed by atoms with Gasteiger partial charge in [-0.2, -0.15) is 0 Å². The highest BCUT2D eigenvalue weighted by Crippen LogP contribution is 2.11. The van der Waals surface area contributed by atoms with Gasteiger partial charge < -0.3 is 10.4 Å². The van der Waals surface area contributed by atoms with Gasteiger partial charge in [-0.05, 0) is 31.4 Å². The van der Waals surface area contributed by atoms with Crippen LogP contribution in [0.5, 0.6) is 0 Å². The first-order chi connectivity index (χ1) is 8.43. The van der Waals surface area contributed by atoms with Gasteiger partial charge in [0.2, 0.25) is 5.91 Å². The molecule has 1 aromatic carbocycles. The second-order valence-corrected chi connectivity index (χ2v) is 4.47. The predicted octanol–water partition coefficient (Wildman–Crippen LogP) is 1.83. The summed E-state index contributed by atoms with van der Waals surface area (Å²) in [6.45, 7) is 5.64. The van der Waals surface area contributed by atoms with Crippen LogP contribution in [0.15, 0.2) is 18.2 Å². The van der Waals surface area contributed by atoms with Crippen LogP contribution in [0, 0.1) is 13.8 Å². The fourth-order valence-electron chi connectivity index (χ4n) is 1.75. The van der Waals surface area contributed by atoms with E-state index >= 15 is 0 Å². The van der Waals surface area contributed by atoms with Gasteiger partial charge in [-0.1, -0.05) is 30.7 Å². The molecular weight excluding hydrogens is 230 g/mol. The fourth-order valence-corrected chi connectivity index (χ4v) is 1.75. The number of nitrogens with one attached hydrogen (secondary N) is 1. The molecule has 1 atom stereocenters. The van der Waals surface area contributed by atoms with Crippen LogP contribution in [0.3, 0.4) is 0 Å². The van der Waals surface area contributed by atoms with Crippen LogP contribution in [0.1, 0.15) is 30.0 Å². The molecule has 2 N–H and O–H groups in total. The van der Waals surface area contributed by atoms with Crippen LogP contribution in [-0.2, 0) is 16.0 Å². The Morgan fingerprint density at radius 3 is 2.56 bits per heavy atom. The minimum absolute atomic E-state index is 0.220. The van der Waals surface area contributed by atoms with E-state index < -0.39 is 12.0 Å². The Bertz CT molecular complexity index is 454. The van der Waals surface area contributed by atoms with E-state index in [9.17, 15) is 9.59 Å². The normalized spacial score (nSPS) is 11.9. The lowest BCUT2D eigenvalue weighted by atomic mass is 10.0. The van der Waals surface area contributed by atoms with Crippen LogP contribution in [-0.4, -0.2) is 23.0 Å². The number of rotatable bonds is 5. The van der Waals surface area contributed by atoms with Crippen molar-refractivity contribution in [3.8, 4) is 0 Å². The second kappa shape index (κ2) is 6.19. The summed E-state index contributed by atoms with van der Waals surface area (Å²) in [5, 5.41) is 11.4. The largest absolute Gasteiger partial charge is 0.480 e. The summed E-state index contributed by atoms with van der Waals surface area (Å²) >= 11 is 0. The molecular formula is C14H19NO3. The number of amides is 1. The molecule has 1 amide bonds. The number of benzene rings is 1. The molecule has 0 aromatic heterocycles. The van der Waals surface area contributed by atoms with Crippen molar-refractivity contribution < 1.29 is 14.7 Å². The zero-order valence-corrected chi connectivity index (χ0v) is 11.0. The van der Waals surface area contributed by atoms with Gasteiger partial charge in [0.05, 0.1) is 6.42 Å². The van der Waals surface area contributed by atoms with Crippen molar-refractivity contribution in [1.29, 1.82) is 0 Å². The molecule has 4 nitrogen and oxygen atoms in total. The Labute approximate surface area is 107 Å². The van der Waals surface area contributed by atoms with Crippen LogP contribution in [0.2, 0.25) is 0 Å². The molecule has 4 heteroatoms. The molecule has 1 aromatic rings. The van der Waals surface area contributed by atoms with Crippen molar-refractivity contribution in [3.05, 3.63) is 34.9 Å². The molecule has 0 aliphatic carbocycles. The van der Waals surface area contributed by atoms with Crippen LogP contribution in [0.25, 0.3) is 0 Å². The minimum Gasteiger partial charge on any atom is -0.480 e. The molecule has 0 radical (unpaired) electrons. The highest BCUT2D eigenvalue weighted by Gasteiger charge is 2.17. The Hall–Kier alpha value is -1.84. The Kier molecular flexibility index (Phi) is 4.89. The molecule has 0 saturated carbocycles. The summed E-state index contributed by atoms with van der Waals surface area (Å²) in [4.78, 5) is 22.6. The van der Waals surface area contributed by atoms with Crippen molar-refractivity contribution >= 4 is 11.9 Å². The van der Waals surface area contributed by atoms with E-state index in [0.29, 0.717) is 6.42 Å². The first-order valence-corrected chi connectivity index (χ1v) is 6.02. The van der Waals surface area contributed by atoms with Gasteiger partial charge in [-0.3, -0.25) is 4.79 Å². The fraction of sp³-hybridized carbons (Fsp3) is 0.429. The van der Waals surface area contributed by atoms with Crippen molar-refractivity contribution in [3.63, 3.8) is 0 Å². The molecule has 1 rings (SSSR count). The zero-order chi connectivity index (χ0) is 13.7. The van der Waals surface area contributed by atoms with Crippen molar-refractivity contribution in [2.75, 3.05) is 0 Å². The second-order valence-electron chi connectivity index (χ2n) is 4.47. The van der Waals surface area contributed by atoms with E-state index in [0.717, 1.165) is 16.7 Å². The molecule has 0 heterocycles. The standard InChI is InChI=1S/C14H19NO3/c1-4-12(14(17)18)15-13(16)8-11-7-9(2)5-6-10(11)3/h5-7,12H,4,8H2,1-3H3,(H,15,16)(H,17,18). The Morgan fingerprint density at radius 1 is 1.33 bits per heavy atom. The summed E-state index contributed by atoms with van der Waals surface area (Å²) in [7, 11) is 0. The molecule has 98 valence electrons. The molecule has 0 bridgehead atoms. The maximum absolute atomic E-state index is 11.8. The van der Waals surface area contributed by atoms with Gasteiger partial charge in [0, 0.05) is 0 Å². The summed E-state index contributed by atoms with van der Waals surface area (Å²) in [5.41, 5.74) is 3.07. The highest BCUT2D eigenvalue weighted by molar-refractivity contribution is 5.85. The average Bonchev–Trinajstić information content (AvgIpc) is 2.30. The summed E-state index contributed by atoms with van der Waals surface area (Å²) in [5.74, 6) is -1.25. The van der Waals surface area contributed by atoms with E-state index in [1.807, 2.05) is 32.0 Å². The number of carboxylic acids is 1. The minimum atomic E-state index is -0.994. The molecule has 0 spiro atoms. The third-order valence-electron chi connectivity index (χ3n) is 2.90. The number of hydrogen-bond donors (Lipinski definition) is 2. The number of carbonyl (C=O) groups is 2. The summed E-state index contributed by atoms with van der Waals surface area (Å²) < 4.78 is 0. The summed E-state index contributed by atoms with van der Waals surface area (Å²) in [6.07, 6.45) is 0.602. The smallest absolute Gasteiger partial charge is 0.326 e. The Morgan fingerprint density at radius 2 is 2.00 bits per heavy atom. The lowest BCUT2D eigenvalue weighted by molar-refractivity contribution is -0.141. The topological polar surface area (TPSA) is 66.4 Å². The zero-order valence-electron chi connectivity index (χ0n) is 11.0. The van der Waals surface area contributed by atoms with Gasteiger partial charge >= 0.3 is 5.97 Å². The molecule has 1 unspecified atom stereocenters. The van der Waals surface area contributed by atoms with Crippen molar-refractivity contribution in [1.82, 2.24) is 5.32 Å². The molecule has 0 aliphatic heterocycles. The number of carboxylic acid groups (broad SMARTS) is 1. The molecule has 0 saturated heterocycles. The van der Waals surface area contributed by atoms with Crippen molar-refractivity contribution in [2.45, 2.75) is 39.7 Å². The number of carbonyl (C=O) groups excluding carboxylic acids is 1. The van der Waals surface area contributed by atoms with E-state index in [2.05, 4.69) is 5.32 Å². The van der Waals surface area contributed by atoms with Crippen LogP contribution in [0.4, 0.5) is 0 Å². The van der Waals surface area contributed by atoms with E-state index in [1.165, 1.54) is 0 Å². The number of aliphatic carboxylic acids is 1. The summed E-state index contributed by atoms with van der Waals surface area (Å²) in [6, 6.07) is 5.11. The van der Waals surface area contributed by atoms with Gasteiger partial charge in [0.1, 0.15) is 6.04 Å². The van der Waals surface area contributed by atoms with Crippen LogP contribution < -0.4 is 5.32 Å². The quantitative estimate of drug-likeness (QED) is 0.836. The van der Waals surface area contributed by atoms with E-state index in [4.69, 9.17) is 5.11 Å². The number of hydrogen-bond acceptors (Lipinski definition) is 2. The SMILES string of the molecule is CCC(NC(=O)Cc1cc(C)ccc1C)C(=O)O. The molecule has 0 aliphatic rings. The maximum atomic E-state index is 11.8. The monoisotopic (exact) mass is 249 g/mol. The van der Waals surface area contributed by atoms with Gasteiger partial charge in [0.15, 0.2) is 0 Å².